The summed E-state index contributed by atoms with van der Waals surface area (Å²) in [6.07, 6.45) is 1.16. The summed E-state index contributed by atoms with van der Waals surface area (Å²) < 4.78 is 103. The van der Waals surface area contributed by atoms with Crippen molar-refractivity contribution in [3.05, 3.63) is 131 Å². The number of nitrogens with one attached hydrogen (secondary N) is 2. The molecule has 0 spiro atoms. The van der Waals surface area contributed by atoms with Crippen molar-refractivity contribution in [1.82, 2.24) is 28.4 Å². The second-order valence-electron chi connectivity index (χ2n) is 20.3. The fourth-order valence-corrected chi connectivity index (χ4v) is 10.0. The summed E-state index contributed by atoms with van der Waals surface area (Å²) in [7, 11) is -1.74. The molecule has 0 aliphatic heterocycles. The zero-order chi connectivity index (χ0) is 58.2. The van der Waals surface area contributed by atoms with E-state index in [1.807, 2.05) is 0 Å². The van der Waals surface area contributed by atoms with Gasteiger partial charge in [-0.3, -0.25) is 0 Å². The molecule has 2 amide bonds. The second-order valence-corrected chi connectivity index (χ2v) is 24.6. The van der Waals surface area contributed by atoms with Crippen LogP contribution in [0, 0.1) is 13.8 Å². The monoisotopic (exact) mass is 1120 g/mol. The highest BCUT2D eigenvalue weighted by atomic mass is 32.2. The van der Waals surface area contributed by atoms with Gasteiger partial charge < -0.3 is 39.1 Å². The van der Waals surface area contributed by atoms with Crippen molar-refractivity contribution in [3.8, 4) is 22.3 Å². The fourth-order valence-electron chi connectivity index (χ4n) is 8.18. The lowest BCUT2D eigenvalue weighted by Gasteiger charge is -2.19. The molecule has 22 heteroatoms. The predicted octanol–water partition coefficient (Wildman–Crippen LogP) is 10.4. The van der Waals surface area contributed by atoms with Crippen LogP contribution >= 0.6 is 0 Å². The summed E-state index contributed by atoms with van der Waals surface area (Å²) in [6.45, 7) is 15.4. The molecule has 420 valence electrons. The molecule has 0 aliphatic rings. The Hall–Kier alpha value is -7.40. The van der Waals surface area contributed by atoms with Crippen molar-refractivity contribution < 1.29 is 64.1 Å². The van der Waals surface area contributed by atoms with E-state index in [1.54, 1.807) is 126 Å². The number of rotatable bonds is 17. The van der Waals surface area contributed by atoms with E-state index in [1.165, 1.54) is 70.7 Å². The van der Waals surface area contributed by atoms with Gasteiger partial charge in [-0.1, -0.05) is 24.3 Å². The highest BCUT2D eigenvalue weighted by Gasteiger charge is 2.26. The van der Waals surface area contributed by atoms with Crippen LogP contribution in [-0.4, -0.2) is 123 Å². The van der Waals surface area contributed by atoms with E-state index in [-0.39, 0.29) is 48.1 Å². The number of hydrogen-bond acceptors (Lipinski definition) is 11. The maximum Gasteiger partial charge on any atom is 0.407 e. The van der Waals surface area contributed by atoms with Gasteiger partial charge in [0.1, 0.15) is 22.9 Å². The average Bonchev–Trinajstić information content (AvgIpc) is 3.80. The van der Waals surface area contributed by atoms with Crippen LogP contribution in [0.5, 0.6) is 0 Å². The average molecular weight is 1120 g/mol. The molecule has 0 radical (unpaired) electrons. The molecule has 18 nitrogen and oxygen atoms in total. The summed E-state index contributed by atoms with van der Waals surface area (Å²) >= 11 is 0. The van der Waals surface area contributed by atoms with E-state index >= 15 is 8.78 Å². The van der Waals surface area contributed by atoms with Gasteiger partial charge in [0.2, 0.25) is 20.0 Å². The number of carbonyl (C=O) groups is 4. The van der Waals surface area contributed by atoms with Crippen molar-refractivity contribution >= 4 is 66.0 Å². The first-order valence-electron chi connectivity index (χ1n) is 24.6. The van der Waals surface area contributed by atoms with Crippen LogP contribution in [0.2, 0.25) is 0 Å². The van der Waals surface area contributed by atoms with Crippen molar-refractivity contribution in [2.24, 2.45) is 0 Å². The molecule has 2 heterocycles. The minimum atomic E-state index is -3.76. The molecule has 0 saturated heterocycles. The minimum Gasteiger partial charge on any atom is -0.478 e. The molecule has 0 saturated carbocycles. The van der Waals surface area contributed by atoms with Crippen LogP contribution in [0.15, 0.2) is 119 Å². The summed E-state index contributed by atoms with van der Waals surface area (Å²) in [4.78, 5) is 47.9. The van der Waals surface area contributed by atoms with Crippen molar-refractivity contribution in [1.29, 1.82) is 0 Å². The maximum atomic E-state index is 15.1. The Morgan fingerprint density at radius 3 is 1.36 bits per heavy atom. The van der Waals surface area contributed by atoms with Gasteiger partial charge in [-0.05, 0) is 146 Å². The zero-order valence-electron chi connectivity index (χ0n) is 46.1. The number of halogens is 2. The first kappa shape index (κ1) is 61.5. The van der Waals surface area contributed by atoms with E-state index < -0.39 is 67.0 Å². The Morgan fingerprint density at radius 2 is 1.00 bits per heavy atom. The number of amides is 2. The minimum absolute atomic E-state index is 0.0559. The molecule has 0 unspecified atom stereocenters. The van der Waals surface area contributed by atoms with Crippen molar-refractivity contribution in [2.45, 2.75) is 96.4 Å². The van der Waals surface area contributed by atoms with E-state index in [0.717, 1.165) is 8.61 Å². The van der Waals surface area contributed by atoms with Crippen molar-refractivity contribution in [3.63, 3.8) is 0 Å². The first-order chi connectivity index (χ1) is 36.3. The Balaban J connectivity index is 0.000000288. The normalized spacial score (nSPS) is 12.6. The predicted molar refractivity (Wildman–Crippen MR) is 296 cm³/mol. The molecule has 3 N–H and O–H groups in total. The molecular weight excluding hydrogens is 1050 g/mol. The standard InChI is InChI=1S/C29H36FN3O6S.C27H32FN3O6S/c1-8-38-27(34)21-11-9-10-20(16-21)26-19(2)33(18-22(30)14-15-31-28(35)39-29(3,4)5)25-13-12-23(17-24(25)26)40(36,37)32(6)7;1-17-24(18-8-7-9-19(14-18)25(32)33)22-15-21(38(35,36)30(5)6)10-11-23(22)31(17)16-20(28)12-13-29-26(34)37-27(2,3)4/h9-14,16-17H,8,15,18H2,1-7H3,(H,31,35);7-12,14-15H,13,16H2,1-6H3,(H,29,34)(H,32,33)/b22-14-;20-12-. The Kier molecular flexibility index (Phi) is 19.6. The molecule has 78 heavy (non-hydrogen) atoms. The van der Waals surface area contributed by atoms with Crippen LogP contribution in [0.1, 0.15) is 80.6 Å². The molecule has 0 fully saturated rings. The number of carbonyl (C=O) groups excluding carboxylic acids is 3. The number of aromatic carboxylic acids is 1. The number of sulfonamides is 2. The number of nitrogens with zero attached hydrogens (tertiary/aromatic N) is 4. The van der Waals surface area contributed by atoms with Gasteiger partial charge in [-0.2, -0.15) is 0 Å². The molecule has 2 aromatic heterocycles. The zero-order valence-corrected chi connectivity index (χ0v) is 47.7. The first-order valence-corrected chi connectivity index (χ1v) is 27.5. The number of benzene rings is 4. The Morgan fingerprint density at radius 1 is 0.615 bits per heavy atom. The summed E-state index contributed by atoms with van der Waals surface area (Å²) in [5, 5.41) is 15.6. The third kappa shape index (κ3) is 15.2. The van der Waals surface area contributed by atoms with Crippen LogP contribution < -0.4 is 10.6 Å². The lowest BCUT2D eigenvalue weighted by atomic mass is 10.00. The second kappa shape index (κ2) is 24.9. The van der Waals surface area contributed by atoms with Crippen molar-refractivity contribution in [2.75, 3.05) is 47.9 Å². The number of hydrogen-bond donors (Lipinski definition) is 3. The van der Waals surface area contributed by atoms with Gasteiger partial charge in [0.05, 0.1) is 40.6 Å². The topological polar surface area (TPSA) is 225 Å². The number of allylic oxidation sites excluding steroid dienone is 2. The van der Waals surface area contributed by atoms with E-state index in [2.05, 4.69) is 10.6 Å². The van der Waals surface area contributed by atoms with Gasteiger partial charge in [-0.25, -0.2) is 53.4 Å². The largest absolute Gasteiger partial charge is 0.478 e. The Bertz CT molecular complexity index is 3530. The summed E-state index contributed by atoms with van der Waals surface area (Å²) in [6, 6.07) is 22.4. The number of alkyl carbamates (subject to hydrolysis) is 2. The molecule has 6 rings (SSSR count). The molecule has 4 aromatic carbocycles. The number of carboxylic acids is 1. The lowest BCUT2D eigenvalue weighted by molar-refractivity contribution is 0.0518. The maximum absolute atomic E-state index is 15.1. The van der Waals surface area contributed by atoms with E-state index in [0.29, 0.717) is 61.0 Å². The van der Waals surface area contributed by atoms with Crippen LogP contribution in [-0.2, 0) is 47.3 Å². The molecule has 0 aliphatic carbocycles. The smallest absolute Gasteiger partial charge is 0.407 e. The highest BCUT2D eigenvalue weighted by Crippen LogP contribution is 2.39. The quantitative estimate of drug-likeness (QED) is 0.0573. The van der Waals surface area contributed by atoms with Gasteiger partial charge in [0, 0.05) is 85.6 Å². The third-order valence-corrected chi connectivity index (χ3v) is 15.4. The Labute approximate surface area is 454 Å². The number of carboxylic acid groups (broad SMARTS) is 1. The third-order valence-electron chi connectivity index (χ3n) is 11.8. The molecule has 0 bridgehead atoms. The summed E-state index contributed by atoms with van der Waals surface area (Å²) in [5.74, 6) is -2.62. The van der Waals surface area contributed by atoms with Crippen LogP contribution in [0.3, 0.4) is 0 Å². The number of ether oxygens (including phenoxy) is 3. The molecule has 6 aromatic rings. The van der Waals surface area contributed by atoms with Gasteiger partial charge in [0.15, 0.2) is 0 Å². The number of aromatic nitrogens is 2. The molecular formula is C56H68F2N6O12S2. The molecule has 0 atom stereocenters. The number of esters is 1. The van der Waals surface area contributed by atoms with Crippen LogP contribution in [0.25, 0.3) is 44.1 Å². The van der Waals surface area contributed by atoms with Crippen LogP contribution in [0.4, 0.5) is 18.4 Å². The fraction of sp³-hybridized carbons (Fsp3) is 0.357. The van der Waals surface area contributed by atoms with E-state index in [9.17, 15) is 41.1 Å². The SMILES string of the molecule is CCOC(=O)c1cccc(-c2c(C)n(C/C(F)=C/CNC(=O)OC(C)(C)C)c3ccc(S(=O)(=O)N(C)C)cc23)c1.Cc1c(-c2cccc(C(=O)O)c2)c2cc(S(=O)(=O)N(C)C)ccc2n1C/C(F)=C/CNC(=O)OC(C)(C)C. The summed E-state index contributed by atoms with van der Waals surface area (Å²) in [5.41, 5.74) is 3.99. The van der Waals surface area contributed by atoms with Gasteiger partial charge >= 0.3 is 24.1 Å². The van der Waals surface area contributed by atoms with E-state index in [4.69, 9.17) is 14.2 Å². The number of fused-ring (bicyclic) bond motifs is 2. The highest BCUT2D eigenvalue weighted by molar-refractivity contribution is 7.89. The van der Waals surface area contributed by atoms with Gasteiger partial charge in [-0.15, -0.1) is 0 Å². The lowest BCUT2D eigenvalue weighted by Crippen LogP contribution is -2.32. The van der Waals surface area contributed by atoms with Gasteiger partial charge in [0.25, 0.3) is 0 Å².